The number of nitrogens with zero attached hydrogens (tertiary/aromatic N) is 3. The van der Waals surface area contributed by atoms with E-state index in [-0.39, 0.29) is 17.8 Å². The molecule has 0 aliphatic heterocycles. The van der Waals surface area contributed by atoms with Crippen LogP contribution in [0.5, 0.6) is 0 Å². The Hall–Kier alpha value is -2.82. The summed E-state index contributed by atoms with van der Waals surface area (Å²) in [5.41, 5.74) is -1.16. The van der Waals surface area contributed by atoms with E-state index in [1.807, 2.05) is 0 Å². The van der Waals surface area contributed by atoms with Crippen LogP contribution in [0.1, 0.15) is 11.1 Å². The van der Waals surface area contributed by atoms with Crippen molar-refractivity contribution in [3.05, 3.63) is 47.8 Å². The molecule has 0 saturated carbocycles. The van der Waals surface area contributed by atoms with Crippen LogP contribution in [0.3, 0.4) is 0 Å². The van der Waals surface area contributed by atoms with Crippen molar-refractivity contribution < 1.29 is 18.0 Å². The minimum Gasteiger partial charge on any atom is -0.323 e. The third-order valence-electron chi connectivity index (χ3n) is 2.61. The molecular weight excluding hydrogens is 285 g/mol. The van der Waals surface area contributed by atoms with Crippen LogP contribution in [0.4, 0.5) is 18.9 Å². The number of hydrogen-bond acceptors (Lipinski definition) is 3. The maximum Gasteiger partial charge on any atom is 0.416 e. The van der Waals surface area contributed by atoms with Gasteiger partial charge in [-0.1, -0.05) is 0 Å². The number of halogens is 3. The zero-order valence-electron chi connectivity index (χ0n) is 10.6. The van der Waals surface area contributed by atoms with Crippen LogP contribution in [0, 0.1) is 11.3 Å². The third-order valence-corrected chi connectivity index (χ3v) is 2.61. The number of anilines is 1. The fraction of sp³-hybridized carbons (Fsp3) is 0.154. The van der Waals surface area contributed by atoms with Crippen molar-refractivity contribution in [3.63, 3.8) is 0 Å². The first-order chi connectivity index (χ1) is 9.90. The number of hydrogen-bond donors (Lipinski definition) is 1. The molecule has 0 atom stereocenters. The number of nitriles is 1. The van der Waals surface area contributed by atoms with Gasteiger partial charge in [-0.25, -0.2) is 0 Å². The van der Waals surface area contributed by atoms with Gasteiger partial charge >= 0.3 is 6.18 Å². The highest BCUT2D eigenvalue weighted by Gasteiger charge is 2.31. The second-order valence-electron chi connectivity index (χ2n) is 4.12. The molecule has 1 aromatic carbocycles. The number of nitrogens with one attached hydrogen (secondary N) is 1. The Morgan fingerprint density at radius 2 is 2.19 bits per heavy atom. The fourth-order valence-corrected chi connectivity index (χ4v) is 1.65. The van der Waals surface area contributed by atoms with Crippen LogP contribution in [-0.4, -0.2) is 15.7 Å². The Morgan fingerprint density at radius 1 is 1.43 bits per heavy atom. The van der Waals surface area contributed by atoms with E-state index in [2.05, 4.69) is 10.4 Å². The largest absolute Gasteiger partial charge is 0.416 e. The quantitative estimate of drug-likeness (QED) is 0.945. The van der Waals surface area contributed by atoms with Crippen molar-refractivity contribution in [2.75, 3.05) is 5.32 Å². The molecule has 2 rings (SSSR count). The predicted molar refractivity (Wildman–Crippen MR) is 67.0 cm³/mol. The summed E-state index contributed by atoms with van der Waals surface area (Å²) in [6.45, 7) is -0.0983. The summed E-state index contributed by atoms with van der Waals surface area (Å²) in [6.07, 6.45) is -1.48. The molecule has 1 aromatic heterocycles. The number of alkyl halides is 3. The Bertz CT molecular complexity index is 686. The molecule has 8 heteroatoms. The van der Waals surface area contributed by atoms with Gasteiger partial charge in [-0.05, 0) is 24.3 Å². The first kappa shape index (κ1) is 14.6. The molecular formula is C13H9F3N4O. The standard InChI is InChI=1S/C13H9F3N4O/c14-13(15,16)10-2-3-11(9(6-10)7-17)19-12(21)8-20-5-1-4-18-20/h1-6H,8H2,(H,19,21). The normalized spacial score (nSPS) is 11.0. The minimum absolute atomic E-state index is 0.0302. The lowest BCUT2D eigenvalue weighted by Gasteiger charge is -2.11. The van der Waals surface area contributed by atoms with Crippen LogP contribution >= 0.6 is 0 Å². The fourth-order valence-electron chi connectivity index (χ4n) is 1.65. The first-order valence-electron chi connectivity index (χ1n) is 5.79. The predicted octanol–water partition coefficient (Wildman–Crippen LogP) is 2.41. The highest BCUT2D eigenvalue weighted by Crippen LogP contribution is 2.31. The molecule has 1 amide bonds. The average Bonchev–Trinajstić information content (AvgIpc) is 2.90. The molecule has 1 heterocycles. The molecule has 0 saturated heterocycles. The van der Waals surface area contributed by atoms with E-state index < -0.39 is 17.6 Å². The minimum atomic E-state index is -4.54. The van der Waals surface area contributed by atoms with Gasteiger partial charge in [0.1, 0.15) is 12.6 Å². The van der Waals surface area contributed by atoms with Crippen molar-refractivity contribution in [1.29, 1.82) is 5.26 Å². The molecule has 21 heavy (non-hydrogen) atoms. The molecule has 108 valence electrons. The number of amides is 1. The lowest BCUT2D eigenvalue weighted by Crippen LogP contribution is -2.19. The van der Waals surface area contributed by atoms with E-state index in [0.29, 0.717) is 6.07 Å². The van der Waals surface area contributed by atoms with Gasteiger partial charge in [-0.15, -0.1) is 0 Å². The highest BCUT2D eigenvalue weighted by atomic mass is 19.4. The number of carbonyl (C=O) groups excluding carboxylic acids is 1. The van der Waals surface area contributed by atoms with Crippen molar-refractivity contribution in [1.82, 2.24) is 9.78 Å². The molecule has 0 spiro atoms. The Morgan fingerprint density at radius 3 is 2.76 bits per heavy atom. The Labute approximate surface area is 117 Å². The van der Waals surface area contributed by atoms with Crippen LogP contribution in [0.15, 0.2) is 36.7 Å². The molecule has 0 unspecified atom stereocenters. The molecule has 1 N–H and O–H groups in total. The van der Waals surface area contributed by atoms with Crippen LogP contribution in [0.25, 0.3) is 0 Å². The van der Waals surface area contributed by atoms with Gasteiger partial charge < -0.3 is 5.32 Å². The summed E-state index contributed by atoms with van der Waals surface area (Å²) >= 11 is 0. The molecule has 5 nitrogen and oxygen atoms in total. The van der Waals surface area contributed by atoms with E-state index in [1.54, 1.807) is 18.3 Å². The maximum absolute atomic E-state index is 12.5. The summed E-state index contributed by atoms with van der Waals surface area (Å²) in [7, 11) is 0. The lowest BCUT2D eigenvalue weighted by molar-refractivity contribution is -0.137. The lowest BCUT2D eigenvalue weighted by atomic mass is 10.1. The van der Waals surface area contributed by atoms with Gasteiger partial charge in [0.15, 0.2) is 0 Å². The third kappa shape index (κ3) is 3.60. The van der Waals surface area contributed by atoms with Crippen molar-refractivity contribution in [2.45, 2.75) is 12.7 Å². The number of carbonyl (C=O) groups is 1. The van der Waals surface area contributed by atoms with Crippen LogP contribution in [-0.2, 0) is 17.5 Å². The van der Waals surface area contributed by atoms with Crippen molar-refractivity contribution in [2.24, 2.45) is 0 Å². The molecule has 0 radical (unpaired) electrons. The van der Waals surface area contributed by atoms with E-state index in [1.165, 1.54) is 10.9 Å². The molecule has 0 bridgehead atoms. The summed E-state index contributed by atoms with van der Waals surface area (Å²) in [6, 6.07) is 5.83. The Kier molecular flexibility index (Phi) is 3.93. The van der Waals surface area contributed by atoms with Gasteiger partial charge in [0, 0.05) is 12.4 Å². The van der Waals surface area contributed by atoms with Crippen molar-refractivity contribution >= 4 is 11.6 Å². The van der Waals surface area contributed by atoms with Gasteiger partial charge in [0.2, 0.25) is 5.91 Å². The van der Waals surface area contributed by atoms with Gasteiger partial charge in [-0.3, -0.25) is 9.48 Å². The number of rotatable bonds is 3. The van der Waals surface area contributed by atoms with E-state index >= 15 is 0 Å². The van der Waals surface area contributed by atoms with Crippen LogP contribution in [0.2, 0.25) is 0 Å². The second-order valence-corrected chi connectivity index (χ2v) is 4.12. The van der Waals surface area contributed by atoms with E-state index in [9.17, 15) is 18.0 Å². The molecule has 2 aromatic rings. The Balaban J connectivity index is 2.17. The maximum atomic E-state index is 12.5. The smallest absolute Gasteiger partial charge is 0.323 e. The first-order valence-corrected chi connectivity index (χ1v) is 5.79. The van der Waals surface area contributed by atoms with Gasteiger partial charge in [0.05, 0.1) is 16.8 Å². The van der Waals surface area contributed by atoms with E-state index in [4.69, 9.17) is 5.26 Å². The summed E-state index contributed by atoms with van der Waals surface area (Å²) in [5.74, 6) is -0.491. The summed E-state index contributed by atoms with van der Waals surface area (Å²) in [4.78, 5) is 11.7. The summed E-state index contributed by atoms with van der Waals surface area (Å²) < 4.78 is 39.0. The van der Waals surface area contributed by atoms with Gasteiger partial charge in [0.25, 0.3) is 0 Å². The zero-order chi connectivity index (χ0) is 15.5. The van der Waals surface area contributed by atoms with E-state index in [0.717, 1.165) is 12.1 Å². The van der Waals surface area contributed by atoms with Crippen molar-refractivity contribution in [3.8, 4) is 6.07 Å². The highest BCUT2D eigenvalue weighted by molar-refractivity contribution is 5.91. The topological polar surface area (TPSA) is 70.7 Å². The second kappa shape index (κ2) is 5.66. The number of aromatic nitrogens is 2. The SMILES string of the molecule is N#Cc1cc(C(F)(F)F)ccc1NC(=O)Cn1cccn1. The van der Waals surface area contributed by atoms with Crippen LogP contribution < -0.4 is 5.32 Å². The average molecular weight is 294 g/mol. The molecule has 0 fully saturated rings. The summed E-state index contributed by atoms with van der Waals surface area (Å²) in [5, 5.41) is 15.1. The zero-order valence-corrected chi connectivity index (χ0v) is 10.6. The number of benzene rings is 1. The molecule has 0 aliphatic carbocycles. The van der Waals surface area contributed by atoms with Gasteiger partial charge in [-0.2, -0.15) is 23.5 Å². The monoisotopic (exact) mass is 294 g/mol. The molecule has 0 aliphatic rings.